The number of amides is 1. The smallest absolute Gasteiger partial charge is 0.338 e. The van der Waals surface area contributed by atoms with Gasteiger partial charge in [0.1, 0.15) is 13.2 Å². The fourth-order valence-electron chi connectivity index (χ4n) is 3.72. The molecule has 2 aliphatic rings. The van der Waals surface area contributed by atoms with Gasteiger partial charge in [-0.15, -0.1) is 0 Å². The van der Waals surface area contributed by atoms with Crippen LogP contribution in [0.1, 0.15) is 28.8 Å². The van der Waals surface area contributed by atoms with Gasteiger partial charge in [-0.1, -0.05) is 12.1 Å². The van der Waals surface area contributed by atoms with Gasteiger partial charge in [0.25, 0.3) is 5.91 Å². The van der Waals surface area contributed by atoms with E-state index in [2.05, 4.69) is 5.32 Å². The van der Waals surface area contributed by atoms with E-state index in [1.165, 1.54) is 28.6 Å². The molecule has 10 heteroatoms. The highest BCUT2D eigenvalue weighted by molar-refractivity contribution is 7.89. The largest absolute Gasteiger partial charge is 0.486 e. The molecule has 1 saturated heterocycles. The van der Waals surface area contributed by atoms with Gasteiger partial charge in [0, 0.05) is 19.6 Å². The molecule has 1 N–H and O–H groups in total. The standard InChI is InChI=1S/C23H26N2O7S/c26-22(24-9-8-17-6-7-20-21(14-17)31-13-12-30-20)16-32-23(27)18-4-3-5-19(15-18)33(28,29)25-10-1-2-11-25/h3-7,14-15H,1-2,8-13,16H2,(H,24,26). The molecule has 2 aliphatic heterocycles. The van der Waals surface area contributed by atoms with Gasteiger partial charge in [-0.25, -0.2) is 13.2 Å². The van der Waals surface area contributed by atoms with Gasteiger partial charge >= 0.3 is 5.97 Å². The summed E-state index contributed by atoms with van der Waals surface area (Å²) in [4.78, 5) is 24.5. The van der Waals surface area contributed by atoms with E-state index in [4.69, 9.17) is 14.2 Å². The quantitative estimate of drug-likeness (QED) is 0.581. The van der Waals surface area contributed by atoms with Crippen molar-refractivity contribution in [3.8, 4) is 11.5 Å². The first-order chi connectivity index (χ1) is 15.9. The summed E-state index contributed by atoms with van der Waals surface area (Å²) in [5.41, 5.74) is 1.06. The second kappa shape index (κ2) is 10.2. The van der Waals surface area contributed by atoms with E-state index in [-0.39, 0.29) is 10.5 Å². The lowest BCUT2D eigenvalue weighted by molar-refractivity contribution is -0.124. The van der Waals surface area contributed by atoms with E-state index in [1.807, 2.05) is 18.2 Å². The number of carbonyl (C=O) groups excluding carboxylic acids is 2. The number of sulfonamides is 1. The number of rotatable bonds is 8. The van der Waals surface area contributed by atoms with E-state index in [0.29, 0.717) is 50.8 Å². The fourth-order valence-corrected chi connectivity index (χ4v) is 5.28. The van der Waals surface area contributed by atoms with E-state index in [9.17, 15) is 18.0 Å². The van der Waals surface area contributed by atoms with Crippen molar-refractivity contribution in [2.24, 2.45) is 0 Å². The molecule has 0 aliphatic carbocycles. The Balaban J connectivity index is 1.25. The van der Waals surface area contributed by atoms with Crippen molar-refractivity contribution in [3.63, 3.8) is 0 Å². The normalized spacial score (nSPS) is 15.8. The Bertz CT molecular complexity index is 1130. The number of hydrogen-bond acceptors (Lipinski definition) is 7. The minimum atomic E-state index is -3.64. The zero-order valence-electron chi connectivity index (χ0n) is 18.1. The molecule has 1 amide bonds. The summed E-state index contributed by atoms with van der Waals surface area (Å²) < 4.78 is 42.9. The molecule has 0 unspecified atom stereocenters. The van der Waals surface area contributed by atoms with Crippen molar-refractivity contribution in [2.45, 2.75) is 24.2 Å². The summed E-state index contributed by atoms with van der Waals surface area (Å²) in [5, 5.41) is 2.70. The molecule has 0 aromatic heterocycles. The van der Waals surface area contributed by atoms with Crippen LogP contribution in [0.4, 0.5) is 0 Å². The van der Waals surface area contributed by atoms with Gasteiger partial charge in [-0.2, -0.15) is 4.31 Å². The lowest BCUT2D eigenvalue weighted by Crippen LogP contribution is -2.30. The van der Waals surface area contributed by atoms with E-state index in [0.717, 1.165) is 18.4 Å². The maximum Gasteiger partial charge on any atom is 0.338 e. The summed E-state index contributed by atoms with van der Waals surface area (Å²) in [6.45, 7) is 1.89. The second-order valence-electron chi connectivity index (χ2n) is 7.79. The minimum absolute atomic E-state index is 0.0442. The summed E-state index contributed by atoms with van der Waals surface area (Å²) in [7, 11) is -3.64. The number of nitrogens with one attached hydrogen (secondary N) is 1. The summed E-state index contributed by atoms with van der Waals surface area (Å²) in [5.74, 6) is 0.198. The van der Waals surface area contributed by atoms with Crippen LogP contribution in [0, 0.1) is 0 Å². The topological polar surface area (TPSA) is 111 Å². The molecule has 0 radical (unpaired) electrons. The van der Waals surface area contributed by atoms with Crippen molar-refractivity contribution in [2.75, 3.05) is 39.5 Å². The van der Waals surface area contributed by atoms with Crippen LogP contribution in [0.3, 0.4) is 0 Å². The first kappa shape index (κ1) is 23.1. The van der Waals surface area contributed by atoms with Crippen molar-refractivity contribution < 1.29 is 32.2 Å². The van der Waals surface area contributed by atoms with Gasteiger partial charge in [0.15, 0.2) is 18.1 Å². The number of hydrogen-bond donors (Lipinski definition) is 1. The Kier molecular flexibility index (Phi) is 7.14. The Labute approximate surface area is 192 Å². The predicted octanol–water partition coefficient (Wildman–Crippen LogP) is 1.76. The Morgan fingerprint density at radius 3 is 2.55 bits per heavy atom. The Morgan fingerprint density at radius 2 is 1.76 bits per heavy atom. The number of nitrogens with zero attached hydrogens (tertiary/aromatic N) is 1. The molecule has 0 bridgehead atoms. The minimum Gasteiger partial charge on any atom is -0.486 e. The van der Waals surface area contributed by atoms with Crippen molar-refractivity contribution in [1.29, 1.82) is 0 Å². The van der Waals surface area contributed by atoms with Crippen LogP contribution in [0.2, 0.25) is 0 Å². The maximum absolute atomic E-state index is 12.7. The molecular formula is C23H26N2O7S. The molecule has 2 heterocycles. The predicted molar refractivity (Wildman–Crippen MR) is 119 cm³/mol. The van der Waals surface area contributed by atoms with E-state index in [1.54, 1.807) is 0 Å². The lowest BCUT2D eigenvalue weighted by atomic mass is 10.1. The highest BCUT2D eigenvalue weighted by Crippen LogP contribution is 2.30. The van der Waals surface area contributed by atoms with E-state index < -0.39 is 28.5 Å². The maximum atomic E-state index is 12.7. The van der Waals surface area contributed by atoms with Crippen molar-refractivity contribution >= 4 is 21.9 Å². The highest BCUT2D eigenvalue weighted by Gasteiger charge is 2.27. The molecule has 2 aromatic rings. The monoisotopic (exact) mass is 474 g/mol. The molecule has 0 spiro atoms. The van der Waals surface area contributed by atoms with Crippen LogP contribution in [0.5, 0.6) is 11.5 Å². The molecule has 0 saturated carbocycles. The molecule has 176 valence electrons. The third kappa shape index (κ3) is 5.63. The molecule has 33 heavy (non-hydrogen) atoms. The van der Waals surface area contributed by atoms with Gasteiger partial charge < -0.3 is 19.5 Å². The highest BCUT2D eigenvalue weighted by atomic mass is 32.2. The summed E-state index contributed by atoms with van der Waals surface area (Å²) >= 11 is 0. The number of benzene rings is 2. The van der Waals surface area contributed by atoms with Gasteiger partial charge in [-0.05, 0) is 55.2 Å². The van der Waals surface area contributed by atoms with Crippen molar-refractivity contribution in [1.82, 2.24) is 9.62 Å². The zero-order chi connectivity index (χ0) is 23.3. The average molecular weight is 475 g/mol. The third-order valence-electron chi connectivity index (χ3n) is 5.45. The SMILES string of the molecule is O=C(COC(=O)c1cccc(S(=O)(=O)N2CCCC2)c1)NCCc1ccc2c(c1)OCCO2. The molecule has 1 fully saturated rings. The third-order valence-corrected chi connectivity index (χ3v) is 7.34. The van der Waals surface area contributed by atoms with Crippen molar-refractivity contribution in [3.05, 3.63) is 53.6 Å². The first-order valence-electron chi connectivity index (χ1n) is 10.9. The fraction of sp³-hybridized carbons (Fsp3) is 0.391. The number of ether oxygens (including phenoxy) is 3. The molecular weight excluding hydrogens is 448 g/mol. The number of carbonyl (C=O) groups is 2. The molecule has 2 aromatic carbocycles. The molecule has 0 atom stereocenters. The van der Waals surface area contributed by atoms with Gasteiger partial charge in [-0.3, -0.25) is 4.79 Å². The first-order valence-corrected chi connectivity index (χ1v) is 12.3. The Morgan fingerprint density at radius 1 is 1.00 bits per heavy atom. The summed E-state index contributed by atoms with van der Waals surface area (Å²) in [6.07, 6.45) is 2.22. The van der Waals surface area contributed by atoms with Gasteiger partial charge in [0.2, 0.25) is 10.0 Å². The molecule has 4 rings (SSSR count). The Hall–Kier alpha value is -3.11. The van der Waals surface area contributed by atoms with E-state index >= 15 is 0 Å². The van der Waals surface area contributed by atoms with Crippen LogP contribution in [-0.4, -0.2) is 64.1 Å². The van der Waals surface area contributed by atoms with Crippen LogP contribution in [0.25, 0.3) is 0 Å². The van der Waals surface area contributed by atoms with Crippen LogP contribution < -0.4 is 14.8 Å². The van der Waals surface area contributed by atoms with Gasteiger partial charge in [0.05, 0.1) is 10.5 Å². The number of fused-ring (bicyclic) bond motifs is 1. The zero-order valence-corrected chi connectivity index (χ0v) is 18.9. The van der Waals surface area contributed by atoms with Crippen LogP contribution in [0.15, 0.2) is 47.4 Å². The average Bonchev–Trinajstić information content (AvgIpc) is 3.39. The van der Waals surface area contributed by atoms with Crippen LogP contribution in [-0.2, 0) is 26.0 Å². The summed E-state index contributed by atoms with van der Waals surface area (Å²) in [6, 6.07) is 11.3. The lowest BCUT2D eigenvalue weighted by Gasteiger charge is -2.18. The number of esters is 1. The molecule has 9 nitrogen and oxygen atoms in total. The van der Waals surface area contributed by atoms with Crippen LogP contribution >= 0.6 is 0 Å². The second-order valence-corrected chi connectivity index (χ2v) is 9.73.